The zero-order valence-electron chi connectivity index (χ0n) is 11.2. The van der Waals surface area contributed by atoms with Crippen LogP contribution in [0.5, 0.6) is 0 Å². The van der Waals surface area contributed by atoms with Crippen molar-refractivity contribution in [1.82, 2.24) is 14.5 Å². The number of ether oxygens (including phenoxy) is 1. The number of fused-ring (bicyclic) bond motifs is 1. The second-order valence-corrected chi connectivity index (χ2v) is 4.32. The zero-order chi connectivity index (χ0) is 14.8. The summed E-state index contributed by atoms with van der Waals surface area (Å²) in [7, 11) is 1.21. The van der Waals surface area contributed by atoms with Gasteiger partial charge in [0.25, 0.3) is 5.78 Å². The number of hydrogen-bond acceptors (Lipinski definition) is 8. The van der Waals surface area contributed by atoms with E-state index in [2.05, 4.69) is 25.8 Å². The van der Waals surface area contributed by atoms with Gasteiger partial charge in [-0.25, -0.2) is 9.79 Å². The lowest BCUT2D eigenvalue weighted by molar-refractivity contribution is -0.247. The van der Waals surface area contributed by atoms with Crippen LogP contribution in [0.3, 0.4) is 0 Å². The number of aliphatic imine (C=N–C) groups is 1. The van der Waals surface area contributed by atoms with Crippen LogP contribution in [0, 0.1) is 0 Å². The van der Waals surface area contributed by atoms with E-state index in [4.69, 9.17) is 4.52 Å². The third-order valence-corrected chi connectivity index (χ3v) is 2.99. The van der Waals surface area contributed by atoms with Crippen molar-refractivity contribution in [3.8, 4) is 0 Å². The van der Waals surface area contributed by atoms with Gasteiger partial charge in [0.1, 0.15) is 5.82 Å². The Balaban J connectivity index is 2.14. The van der Waals surface area contributed by atoms with E-state index in [0.717, 1.165) is 17.5 Å². The molecule has 0 saturated heterocycles. The molecule has 1 aliphatic rings. The number of rotatable bonds is 2. The summed E-state index contributed by atoms with van der Waals surface area (Å²) in [5, 5.41) is 11.3. The zero-order valence-corrected chi connectivity index (χ0v) is 11.2. The SMILES string of the molecule is COC([O-])=Nc1cc(N2CC=CCC2)nc2nc(=O)on12. The fourth-order valence-electron chi connectivity index (χ4n) is 2.02. The Morgan fingerprint density at radius 2 is 2.33 bits per heavy atom. The van der Waals surface area contributed by atoms with E-state index in [9.17, 15) is 9.90 Å². The summed E-state index contributed by atoms with van der Waals surface area (Å²) in [4.78, 5) is 24.9. The molecule has 0 spiro atoms. The molecule has 0 aromatic carbocycles. The number of nitrogens with zero attached hydrogens (tertiary/aromatic N) is 5. The first kappa shape index (κ1) is 13.2. The quantitative estimate of drug-likeness (QED) is 0.414. The lowest BCUT2D eigenvalue weighted by atomic mass is 10.2. The maximum Gasteiger partial charge on any atom is 0.461 e. The first-order valence-electron chi connectivity index (χ1n) is 6.28. The van der Waals surface area contributed by atoms with Crippen molar-refractivity contribution in [2.24, 2.45) is 4.99 Å². The van der Waals surface area contributed by atoms with E-state index in [1.54, 1.807) is 6.07 Å². The van der Waals surface area contributed by atoms with Crippen LogP contribution >= 0.6 is 0 Å². The Morgan fingerprint density at radius 1 is 1.48 bits per heavy atom. The molecule has 1 aliphatic heterocycles. The first-order valence-corrected chi connectivity index (χ1v) is 6.28. The Bertz CT molecular complexity index is 776. The van der Waals surface area contributed by atoms with Crippen LogP contribution < -0.4 is 15.8 Å². The predicted octanol–water partition coefficient (Wildman–Crippen LogP) is -0.557. The first-order chi connectivity index (χ1) is 10.2. The lowest BCUT2D eigenvalue weighted by Crippen LogP contribution is -2.27. The second kappa shape index (κ2) is 5.27. The average molecular weight is 290 g/mol. The van der Waals surface area contributed by atoms with Crippen LogP contribution in [-0.4, -0.2) is 40.8 Å². The minimum Gasteiger partial charge on any atom is -0.603 e. The largest absolute Gasteiger partial charge is 0.603 e. The molecular formula is C12H12N5O4-. The fourth-order valence-corrected chi connectivity index (χ4v) is 2.02. The van der Waals surface area contributed by atoms with E-state index in [-0.39, 0.29) is 11.6 Å². The highest BCUT2D eigenvalue weighted by Gasteiger charge is 2.15. The van der Waals surface area contributed by atoms with Crippen LogP contribution in [0.15, 0.2) is 32.5 Å². The number of anilines is 1. The van der Waals surface area contributed by atoms with Gasteiger partial charge in [-0.15, -0.1) is 9.56 Å². The van der Waals surface area contributed by atoms with E-state index in [0.29, 0.717) is 12.4 Å². The molecule has 3 heterocycles. The standard InChI is InChI=1S/C12H13N5O4/c1-20-11(18)14-9-7-8(16-5-3-2-4-6-16)13-10-15-12(19)21-17(9)10/h2-3,7H,4-6H2,1H3,(H,14,18)/p-1. The molecule has 110 valence electrons. The van der Waals surface area contributed by atoms with Crippen molar-refractivity contribution < 1.29 is 14.4 Å². The number of methoxy groups -OCH3 is 1. The second-order valence-electron chi connectivity index (χ2n) is 4.32. The third kappa shape index (κ3) is 2.57. The summed E-state index contributed by atoms with van der Waals surface area (Å²) < 4.78 is 10.3. The van der Waals surface area contributed by atoms with Crippen molar-refractivity contribution in [2.75, 3.05) is 25.1 Å². The average Bonchev–Trinajstić information content (AvgIpc) is 2.88. The molecule has 0 N–H and O–H groups in total. The van der Waals surface area contributed by atoms with Crippen LogP contribution in [0.4, 0.5) is 11.6 Å². The summed E-state index contributed by atoms with van der Waals surface area (Å²) in [5.74, 6) is -0.0875. The Kier molecular flexibility index (Phi) is 3.30. The molecular weight excluding hydrogens is 278 g/mol. The maximum atomic E-state index is 11.3. The van der Waals surface area contributed by atoms with E-state index in [1.807, 2.05) is 11.0 Å². The van der Waals surface area contributed by atoms with E-state index >= 15 is 0 Å². The van der Waals surface area contributed by atoms with Crippen molar-refractivity contribution in [3.05, 3.63) is 28.8 Å². The third-order valence-electron chi connectivity index (χ3n) is 2.99. The smallest absolute Gasteiger partial charge is 0.461 e. The van der Waals surface area contributed by atoms with Gasteiger partial charge in [-0.1, -0.05) is 12.2 Å². The highest BCUT2D eigenvalue weighted by molar-refractivity contribution is 5.67. The molecule has 2 aromatic heterocycles. The molecule has 0 radical (unpaired) electrons. The molecule has 0 amide bonds. The Labute approximate surface area is 118 Å². The van der Waals surface area contributed by atoms with Crippen LogP contribution in [0.2, 0.25) is 0 Å². The fraction of sp³-hybridized carbons (Fsp3) is 0.333. The molecule has 9 heteroatoms. The van der Waals surface area contributed by atoms with Gasteiger partial charge in [-0.05, 0) is 13.5 Å². The van der Waals surface area contributed by atoms with E-state index < -0.39 is 11.8 Å². The predicted molar refractivity (Wildman–Crippen MR) is 71.6 cm³/mol. The van der Waals surface area contributed by atoms with Crippen molar-refractivity contribution in [1.29, 1.82) is 0 Å². The molecule has 3 rings (SSSR count). The molecule has 9 nitrogen and oxygen atoms in total. The molecule has 0 bridgehead atoms. The lowest BCUT2D eigenvalue weighted by Gasteiger charge is -2.24. The van der Waals surface area contributed by atoms with Gasteiger partial charge in [0, 0.05) is 19.2 Å². The van der Waals surface area contributed by atoms with Gasteiger partial charge in [0.15, 0.2) is 11.9 Å². The number of aromatic nitrogens is 3. The van der Waals surface area contributed by atoms with E-state index in [1.165, 1.54) is 7.11 Å². The number of hydrogen-bond donors (Lipinski definition) is 0. The molecule has 0 atom stereocenters. The van der Waals surface area contributed by atoms with Gasteiger partial charge in [-0.2, -0.15) is 4.98 Å². The van der Waals surface area contributed by atoms with Crippen molar-refractivity contribution >= 4 is 23.5 Å². The normalized spacial score (nSPS) is 15.7. The van der Waals surface area contributed by atoms with Crippen LogP contribution in [-0.2, 0) is 4.74 Å². The molecule has 0 saturated carbocycles. The summed E-state index contributed by atoms with van der Waals surface area (Å²) in [5.41, 5.74) is 0. The van der Waals surface area contributed by atoms with Crippen LogP contribution in [0.1, 0.15) is 6.42 Å². The molecule has 0 fully saturated rings. The minimum atomic E-state index is -0.806. The van der Waals surface area contributed by atoms with Gasteiger partial charge < -0.3 is 19.3 Å². The van der Waals surface area contributed by atoms with Crippen molar-refractivity contribution in [3.63, 3.8) is 0 Å². The van der Waals surface area contributed by atoms with Gasteiger partial charge in [0.2, 0.25) is 0 Å². The summed E-state index contributed by atoms with van der Waals surface area (Å²) in [6, 6.07) is 1.55. The topological polar surface area (TPSA) is 108 Å². The molecule has 2 aromatic rings. The minimum absolute atomic E-state index is 0.0507. The molecule has 21 heavy (non-hydrogen) atoms. The summed E-state index contributed by atoms with van der Waals surface area (Å²) in [6.45, 7) is 1.46. The Hall–Kier alpha value is -2.84. The van der Waals surface area contributed by atoms with Crippen LogP contribution in [0.25, 0.3) is 5.78 Å². The van der Waals surface area contributed by atoms with Gasteiger partial charge in [0.05, 0.1) is 0 Å². The molecule has 0 unspecified atom stereocenters. The summed E-state index contributed by atoms with van der Waals surface area (Å²) >= 11 is 0. The van der Waals surface area contributed by atoms with Crippen molar-refractivity contribution in [2.45, 2.75) is 6.42 Å². The summed E-state index contributed by atoms with van der Waals surface area (Å²) in [6.07, 6.45) is 4.18. The highest BCUT2D eigenvalue weighted by atomic mass is 16.6. The Morgan fingerprint density at radius 3 is 3.05 bits per heavy atom. The van der Waals surface area contributed by atoms with Gasteiger partial charge >= 0.3 is 5.76 Å². The maximum absolute atomic E-state index is 11.3. The monoisotopic (exact) mass is 290 g/mol. The molecule has 0 aliphatic carbocycles. The highest BCUT2D eigenvalue weighted by Crippen LogP contribution is 2.22. The van der Waals surface area contributed by atoms with Gasteiger partial charge in [-0.3, -0.25) is 0 Å².